The number of carbonyl (C=O) groups is 1. The third-order valence-corrected chi connectivity index (χ3v) is 2.68. The Morgan fingerprint density at radius 1 is 1.30 bits per heavy atom. The molecule has 0 bridgehead atoms. The lowest BCUT2D eigenvalue weighted by Crippen LogP contribution is -2.29. The molecule has 0 aliphatic heterocycles. The quantitative estimate of drug-likeness (QED) is 0.895. The second-order valence-electron chi connectivity index (χ2n) is 4.17. The molecule has 2 aromatic rings. The summed E-state index contributed by atoms with van der Waals surface area (Å²) in [5.74, 6) is -1.81. The number of aromatic nitrogens is 2. The summed E-state index contributed by atoms with van der Waals surface area (Å²) in [6, 6.07) is 4.65. The number of hydrogen-bond donors (Lipinski definition) is 2. The molecular formula is C13H11F2N3O2. The van der Waals surface area contributed by atoms with Gasteiger partial charge in [0.2, 0.25) is 0 Å². The van der Waals surface area contributed by atoms with E-state index in [1.54, 1.807) is 0 Å². The lowest BCUT2D eigenvalue weighted by atomic mass is 10.1. The third kappa shape index (κ3) is 3.05. The van der Waals surface area contributed by atoms with Crippen LogP contribution in [-0.2, 0) is 0 Å². The Bertz CT molecular complexity index is 680. The Hall–Kier alpha value is -2.57. The monoisotopic (exact) mass is 279 g/mol. The first-order valence-electron chi connectivity index (χ1n) is 5.79. The number of benzene rings is 1. The van der Waals surface area contributed by atoms with Gasteiger partial charge in [-0.15, -0.1) is 0 Å². The van der Waals surface area contributed by atoms with E-state index in [4.69, 9.17) is 0 Å². The number of nitrogens with one attached hydrogen (secondary N) is 2. The van der Waals surface area contributed by atoms with Crippen LogP contribution in [0.15, 0.2) is 35.1 Å². The van der Waals surface area contributed by atoms with Crippen molar-refractivity contribution in [3.63, 3.8) is 0 Å². The predicted molar refractivity (Wildman–Crippen MR) is 67.1 cm³/mol. The molecule has 0 fully saturated rings. The average molecular weight is 279 g/mol. The Morgan fingerprint density at radius 2 is 2.05 bits per heavy atom. The van der Waals surface area contributed by atoms with Gasteiger partial charge < -0.3 is 5.32 Å². The van der Waals surface area contributed by atoms with E-state index in [1.165, 1.54) is 13.0 Å². The normalized spacial score (nSPS) is 11.9. The Morgan fingerprint density at radius 3 is 2.70 bits per heavy atom. The van der Waals surface area contributed by atoms with Crippen molar-refractivity contribution in [3.05, 3.63) is 63.6 Å². The summed E-state index contributed by atoms with van der Waals surface area (Å²) in [6.45, 7) is 1.52. The molecule has 5 nitrogen and oxygen atoms in total. The fourth-order valence-electron chi connectivity index (χ4n) is 1.67. The van der Waals surface area contributed by atoms with Gasteiger partial charge in [0, 0.05) is 11.6 Å². The zero-order chi connectivity index (χ0) is 14.7. The first kappa shape index (κ1) is 13.9. The highest BCUT2D eigenvalue weighted by atomic mass is 19.1. The van der Waals surface area contributed by atoms with E-state index in [0.29, 0.717) is 0 Å². The minimum absolute atomic E-state index is 0.0201. The van der Waals surface area contributed by atoms with Gasteiger partial charge in [-0.1, -0.05) is 0 Å². The molecule has 0 saturated heterocycles. The zero-order valence-corrected chi connectivity index (χ0v) is 10.5. The summed E-state index contributed by atoms with van der Waals surface area (Å²) < 4.78 is 26.6. The third-order valence-electron chi connectivity index (χ3n) is 2.68. The van der Waals surface area contributed by atoms with Crippen LogP contribution in [0.3, 0.4) is 0 Å². The second-order valence-corrected chi connectivity index (χ2v) is 4.17. The molecule has 1 heterocycles. The molecule has 0 saturated carbocycles. The molecule has 0 aliphatic rings. The van der Waals surface area contributed by atoms with E-state index in [-0.39, 0.29) is 11.3 Å². The van der Waals surface area contributed by atoms with Crippen LogP contribution in [0.2, 0.25) is 0 Å². The van der Waals surface area contributed by atoms with Crippen molar-refractivity contribution in [3.8, 4) is 0 Å². The zero-order valence-electron chi connectivity index (χ0n) is 10.5. The van der Waals surface area contributed by atoms with E-state index in [9.17, 15) is 18.4 Å². The molecule has 0 aliphatic carbocycles. The molecule has 2 rings (SSSR count). The number of halogens is 2. The minimum atomic E-state index is -0.744. The molecule has 0 radical (unpaired) electrons. The summed E-state index contributed by atoms with van der Waals surface area (Å²) in [5.41, 5.74) is -0.429. The van der Waals surface area contributed by atoms with Crippen LogP contribution >= 0.6 is 0 Å². The smallest absolute Gasteiger partial charge is 0.272 e. The van der Waals surface area contributed by atoms with Gasteiger partial charge in [0.15, 0.2) is 0 Å². The number of H-pyrrole nitrogens is 1. The van der Waals surface area contributed by atoms with Crippen molar-refractivity contribution in [2.45, 2.75) is 13.0 Å². The first-order chi connectivity index (χ1) is 9.47. The summed E-state index contributed by atoms with van der Waals surface area (Å²) in [4.78, 5) is 22.7. The van der Waals surface area contributed by atoms with Crippen molar-refractivity contribution >= 4 is 5.91 Å². The Labute approximate surface area is 112 Å². The fraction of sp³-hybridized carbons (Fsp3) is 0.154. The van der Waals surface area contributed by atoms with Crippen LogP contribution in [0.1, 0.15) is 29.0 Å². The van der Waals surface area contributed by atoms with E-state index in [0.717, 1.165) is 24.3 Å². The molecule has 0 unspecified atom stereocenters. The van der Waals surface area contributed by atoms with E-state index >= 15 is 0 Å². The van der Waals surface area contributed by atoms with Gasteiger partial charge in [-0.3, -0.25) is 9.59 Å². The van der Waals surface area contributed by atoms with E-state index in [2.05, 4.69) is 15.5 Å². The van der Waals surface area contributed by atoms with Gasteiger partial charge >= 0.3 is 0 Å². The number of aromatic amines is 1. The lowest BCUT2D eigenvalue weighted by Gasteiger charge is -2.14. The van der Waals surface area contributed by atoms with Crippen LogP contribution in [0.5, 0.6) is 0 Å². The molecule has 1 atom stereocenters. The molecule has 1 aromatic carbocycles. The van der Waals surface area contributed by atoms with Gasteiger partial charge in [-0.05, 0) is 31.2 Å². The van der Waals surface area contributed by atoms with Crippen LogP contribution in [0.4, 0.5) is 8.78 Å². The SMILES string of the molecule is C[C@@H](NC(=O)c1ccc(=O)[nH]n1)c1cc(F)ccc1F. The molecule has 0 spiro atoms. The summed E-state index contributed by atoms with van der Waals surface area (Å²) >= 11 is 0. The highest BCUT2D eigenvalue weighted by Gasteiger charge is 2.16. The van der Waals surface area contributed by atoms with Crippen molar-refractivity contribution in [1.82, 2.24) is 15.5 Å². The van der Waals surface area contributed by atoms with Gasteiger partial charge in [0.05, 0.1) is 6.04 Å². The van der Waals surface area contributed by atoms with Gasteiger partial charge in [0.25, 0.3) is 11.5 Å². The molecule has 20 heavy (non-hydrogen) atoms. The number of nitrogens with zero attached hydrogens (tertiary/aromatic N) is 1. The highest BCUT2D eigenvalue weighted by Crippen LogP contribution is 2.18. The Kier molecular flexibility index (Phi) is 3.88. The topological polar surface area (TPSA) is 74.8 Å². The average Bonchev–Trinajstić information content (AvgIpc) is 2.42. The molecule has 1 aromatic heterocycles. The second kappa shape index (κ2) is 5.60. The summed E-state index contributed by atoms with van der Waals surface area (Å²) in [5, 5.41) is 8.13. The summed E-state index contributed by atoms with van der Waals surface area (Å²) in [7, 11) is 0. The van der Waals surface area contributed by atoms with Crippen molar-refractivity contribution in [2.75, 3.05) is 0 Å². The highest BCUT2D eigenvalue weighted by molar-refractivity contribution is 5.92. The number of rotatable bonds is 3. The number of amides is 1. The molecule has 7 heteroatoms. The maximum absolute atomic E-state index is 13.5. The van der Waals surface area contributed by atoms with Crippen LogP contribution in [0, 0.1) is 11.6 Å². The molecule has 104 valence electrons. The largest absolute Gasteiger partial charge is 0.344 e. The maximum Gasteiger partial charge on any atom is 0.272 e. The lowest BCUT2D eigenvalue weighted by molar-refractivity contribution is 0.0933. The fourth-order valence-corrected chi connectivity index (χ4v) is 1.67. The van der Waals surface area contributed by atoms with Crippen molar-refractivity contribution in [2.24, 2.45) is 0 Å². The van der Waals surface area contributed by atoms with Crippen molar-refractivity contribution in [1.29, 1.82) is 0 Å². The molecular weight excluding hydrogens is 268 g/mol. The molecule has 2 N–H and O–H groups in total. The van der Waals surface area contributed by atoms with Gasteiger partial charge in [0.1, 0.15) is 17.3 Å². The van der Waals surface area contributed by atoms with E-state index < -0.39 is 29.1 Å². The molecule has 1 amide bonds. The maximum atomic E-state index is 13.5. The predicted octanol–water partition coefficient (Wildman–Crippen LogP) is 1.54. The Balaban J connectivity index is 2.16. The van der Waals surface area contributed by atoms with Gasteiger partial charge in [-0.25, -0.2) is 13.9 Å². The van der Waals surface area contributed by atoms with Crippen molar-refractivity contribution < 1.29 is 13.6 Å². The minimum Gasteiger partial charge on any atom is -0.344 e. The standard InChI is InChI=1S/C13H11F2N3O2/c1-7(9-6-8(14)2-3-10(9)15)16-13(20)11-4-5-12(19)18-17-11/h2-7H,1H3,(H,16,20)(H,18,19)/t7-/m1/s1. The van der Waals surface area contributed by atoms with E-state index in [1.807, 2.05) is 0 Å². The summed E-state index contributed by atoms with van der Waals surface area (Å²) in [6.07, 6.45) is 0. The van der Waals surface area contributed by atoms with Crippen LogP contribution in [-0.4, -0.2) is 16.1 Å². The van der Waals surface area contributed by atoms with Gasteiger partial charge in [-0.2, -0.15) is 5.10 Å². The number of hydrogen-bond acceptors (Lipinski definition) is 3. The van der Waals surface area contributed by atoms with Crippen LogP contribution < -0.4 is 10.9 Å². The first-order valence-corrected chi connectivity index (χ1v) is 5.79. The van der Waals surface area contributed by atoms with Crippen LogP contribution in [0.25, 0.3) is 0 Å². The number of carbonyl (C=O) groups excluding carboxylic acids is 1.